The van der Waals surface area contributed by atoms with Gasteiger partial charge in [0.2, 0.25) is 0 Å². The van der Waals surface area contributed by atoms with Gasteiger partial charge in [-0.3, -0.25) is 0 Å². The van der Waals surface area contributed by atoms with Crippen LogP contribution >= 0.6 is 0 Å². The van der Waals surface area contributed by atoms with Crippen molar-refractivity contribution in [1.29, 1.82) is 5.26 Å². The van der Waals surface area contributed by atoms with E-state index in [2.05, 4.69) is 23.8 Å². The van der Waals surface area contributed by atoms with Crippen molar-refractivity contribution in [3.8, 4) is 30.3 Å². The highest BCUT2D eigenvalue weighted by molar-refractivity contribution is 5.46. The van der Waals surface area contributed by atoms with E-state index in [1.165, 1.54) is 0 Å². The van der Waals surface area contributed by atoms with Crippen molar-refractivity contribution in [2.75, 3.05) is 0 Å². The van der Waals surface area contributed by atoms with E-state index in [9.17, 15) is 0 Å². The second kappa shape index (κ2) is 5.40. The molecule has 0 radical (unpaired) electrons. The molecule has 0 aliphatic heterocycles. The fourth-order valence-electron chi connectivity index (χ4n) is 1.42. The third-order valence-corrected chi connectivity index (χ3v) is 2.42. The van der Waals surface area contributed by atoms with Crippen molar-refractivity contribution >= 4 is 0 Å². The number of nitriles is 1. The minimum atomic E-state index is 0.638. The zero-order chi connectivity index (χ0) is 12.8. The van der Waals surface area contributed by atoms with Crippen LogP contribution in [-0.2, 0) is 0 Å². The van der Waals surface area contributed by atoms with Gasteiger partial charge in [-0.2, -0.15) is 5.26 Å². The average molecular weight is 227 g/mol. The van der Waals surface area contributed by atoms with Gasteiger partial charge >= 0.3 is 0 Å². The lowest BCUT2D eigenvalue weighted by atomic mass is 10.1. The van der Waals surface area contributed by atoms with Gasteiger partial charge in [-0.25, -0.2) is 0 Å². The lowest BCUT2D eigenvalue weighted by molar-refractivity contribution is 1.48. The van der Waals surface area contributed by atoms with E-state index in [1.807, 2.05) is 36.4 Å². The number of nitrogens with zero attached hydrogens (tertiary/aromatic N) is 1. The first-order chi connectivity index (χ1) is 8.81. The summed E-state index contributed by atoms with van der Waals surface area (Å²) in [5.74, 6) is 8.65. The van der Waals surface area contributed by atoms with E-state index in [4.69, 9.17) is 11.7 Å². The van der Waals surface area contributed by atoms with Gasteiger partial charge in [0.05, 0.1) is 11.6 Å². The van der Waals surface area contributed by atoms with Crippen LogP contribution in [0, 0.1) is 35.5 Å². The van der Waals surface area contributed by atoms with E-state index in [1.54, 1.807) is 12.1 Å². The maximum absolute atomic E-state index is 8.68. The molecule has 0 atom stereocenters. The molecular weight excluding hydrogens is 218 g/mol. The second-order valence-corrected chi connectivity index (χ2v) is 3.66. The molecule has 0 aromatic heterocycles. The maximum Gasteiger partial charge on any atom is 0.0991 e. The van der Waals surface area contributed by atoms with Gasteiger partial charge in [0, 0.05) is 16.7 Å². The Morgan fingerprint density at radius 1 is 0.667 bits per heavy atom. The predicted octanol–water partition coefficient (Wildman–Crippen LogP) is 2.94. The molecule has 0 spiro atoms. The van der Waals surface area contributed by atoms with Crippen LogP contribution in [0.4, 0.5) is 0 Å². The standard InChI is InChI=1S/C17H9N/c1-2-14-3-5-15(6-4-14)7-8-16-9-11-17(13-18)12-10-16/h1,3-6,9-12H. The van der Waals surface area contributed by atoms with Gasteiger partial charge in [-0.15, -0.1) is 6.42 Å². The zero-order valence-corrected chi connectivity index (χ0v) is 9.64. The smallest absolute Gasteiger partial charge is 0.0991 e. The maximum atomic E-state index is 8.68. The Hall–Kier alpha value is -2.95. The number of terminal acetylenes is 1. The van der Waals surface area contributed by atoms with E-state index < -0.39 is 0 Å². The quantitative estimate of drug-likeness (QED) is 0.635. The van der Waals surface area contributed by atoms with E-state index in [-0.39, 0.29) is 0 Å². The van der Waals surface area contributed by atoms with Crippen molar-refractivity contribution in [3.05, 3.63) is 70.8 Å². The summed E-state index contributed by atoms with van der Waals surface area (Å²) < 4.78 is 0. The van der Waals surface area contributed by atoms with Crippen LogP contribution in [0.1, 0.15) is 22.3 Å². The molecule has 0 aliphatic rings. The summed E-state index contributed by atoms with van der Waals surface area (Å²) in [7, 11) is 0. The highest BCUT2D eigenvalue weighted by Gasteiger charge is 1.90. The topological polar surface area (TPSA) is 23.8 Å². The Balaban J connectivity index is 2.20. The predicted molar refractivity (Wildman–Crippen MR) is 71.5 cm³/mol. The molecule has 2 aromatic rings. The molecule has 0 aliphatic carbocycles. The Bertz CT molecular complexity index is 619. The van der Waals surface area contributed by atoms with E-state index in [0.29, 0.717) is 5.56 Å². The minimum absolute atomic E-state index is 0.638. The summed E-state index contributed by atoms with van der Waals surface area (Å²) in [5, 5.41) is 8.68. The van der Waals surface area contributed by atoms with Crippen LogP contribution in [0.15, 0.2) is 48.5 Å². The number of hydrogen-bond acceptors (Lipinski definition) is 1. The first-order valence-electron chi connectivity index (χ1n) is 5.41. The molecule has 0 unspecified atom stereocenters. The fourth-order valence-corrected chi connectivity index (χ4v) is 1.42. The summed E-state index contributed by atoms with van der Waals surface area (Å²) >= 11 is 0. The first kappa shape index (κ1) is 11.5. The Morgan fingerprint density at radius 3 is 1.44 bits per heavy atom. The normalized spacial score (nSPS) is 8.56. The van der Waals surface area contributed by atoms with Crippen LogP contribution < -0.4 is 0 Å². The third-order valence-electron chi connectivity index (χ3n) is 2.42. The Labute approximate surface area is 107 Å². The lowest BCUT2D eigenvalue weighted by Gasteiger charge is -1.92. The molecule has 0 heterocycles. The van der Waals surface area contributed by atoms with Crippen molar-refractivity contribution in [3.63, 3.8) is 0 Å². The van der Waals surface area contributed by atoms with Gasteiger partial charge in [0.25, 0.3) is 0 Å². The van der Waals surface area contributed by atoms with Crippen LogP contribution in [0.25, 0.3) is 0 Å². The molecule has 82 valence electrons. The van der Waals surface area contributed by atoms with Crippen molar-refractivity contribution in [1.82, 2.24) is 0 Å². The monoisotopic (exact) mass is 227 g/mol. The lowest BCUT2D eigenvalue weighted by Crippen LogP contribution is -1.78. The van der Waals surface area contributed by atoms with Gasteiger partial charge in [0.15, 0.2) is 0 Å². The number of benzene rings is 2. The third kappa shape index (κ3) is 2.79. The van der Waals surface area contributed by atoms with Gasteiger partial charge in [0.1, 0.15) is 0 Å². The van der Waals surface area contributed by atoms with Crippen molar-refractivity contribution < 1.29 is 0 Å². The summed E-state index contributed by atoms with van der Waals surface area (Å²) in [6, 6.07) is 16.8. The molecule has 1 nitrogen and oxygen atoms in total. The zero-order valence-electron chi connectivity index (χ0n) is 9.64. The molecule has 0 saturated heterocycles. The van der Waals surface area contributed by atoms with Crippen LogP contribution in [-0.4, -0.2) is 0 Å². The van der Waals surface area contributed by atoms with Crippen LogP contribution in [0.2, 0.25) is 0 Å². The molecule has 2 rings (SSSR count). The number of rotatable bonds is 0. The molecule has 0 saturated carbocycles. The van der Waals surface area contributed by atoms with Crippen molar-refractivity contribution in [2.45, 2.75) is 0 Å². The molecule has 0 fully saturated rings. The summed E-state index contributed by atoms with van der Waals surface area (Å²) in [6.07, 6.45) is 5.28. The molecule has 2 aromatic carbocycles. The minimum Gasteiger partial charge on any atom is -0.192 e. The first-order valence-corrected chi connectivity index (χ1v) is 5.41. The SMILES string of the molecule is C#Cc1ccc(C#Cc2ccc(C#N)cc2)cc1. The summed E-state index contributed by atoms with van der Waals surface area (Å²) in [4.78, 5) is 0. The molecule has 18 heavy (non-hydrogen) atoms. The van der Waals surface area contributed by atoms with Gasteiger partial charge < -0.3 is 0 Å². The van der Waals surface area contributed by atoms with E-state index in [0.717, 1.165) is 16.7 Å². The summed E-state index contributed by atoms with van der Waals surface area (Å²) in [6.45, 7) is 0. The molecule has 0 bridgehead atoms. The second-order valence-electron chi connectivity index (χ2n) is 3.66. The van der Waals surface area contributed by atoms with Gasteiger partial charge in [-0.1, -0.05) is 17.8 Å². The largest absolute Gasteiger partial charge is 0.192 e. The molecular formula is C17H9N. The molecule has 0 N–H and O–H groups in total. The van der Waals surface area contributed by atoms with E-state index >= 15 is 0 Å². The van der Waals surface area contributed by atoms with Crippen molar-refractivity contribution in [2.24, 2.45) is 0 Å². The average Bonchev–Trinajstić information content (AvgIpc) is 2.46. The number of hydrogen-bond donors (Lipinski definition) is 0. The molecule has 1 heteroatoms. The summed E-state index contributed by atoms with van der Waals surface area (Å²) in [5.41, 5.74) is 3.28. The van der Waals surface area contributed by atoms with Crippen LogP contribution in [0.3, 0.4) is 0 Å². The molecule has 0 amide bonds. The fraction of sp³-hybridized carbons (Fsp3) is 0. The van der Waals surface area contributed by atoms with Gasteiger partial charge in [-0.05, 0) is 48.5 Å². The Kier molecular flexibility index (Phi) is 3.46. The highest BCUT2D eigenvalue weighted by atomic mass is 14.2. The highest BCUT2D eigenvalue weighted by Crippen LogP contribution is 2.04. The Morgan fingerprint density at radius 2 is 1.06 bits per heavy atom. The van der Waals surface area contributed by atoms with Crippen LogP contribution in [0.5, 0.6) is 0 Å².